The lowest BCUT2D eigenvalue weighted by molar-refractivity contribution is -0.119. The second-order valence-corrected chi connectivity index (χ2v) is 4.23. The van der Waals surface area contributed by atoms with Gasteiger partial charge in [-0.05, 0) is 24.3 Å². The van der Waals surface area contributed by atoms with E-state index in [9.17, 15) is 13.6 Å². The summed E-state index contributed by atoms with van der Waals surface area (Å²) in [7, 11) is 0. The molecule has 0 aliphatic rings. The van der Waals surface area contributed by atoms with E-state index in [1.807, 2.05) is 0 Å². The number of carbonyl (C=O) groups excluding carboxylic acids is 1. The van der Waals surface area contributed by atoms with Gasteiger partial charge >= 0.3 is 0 Å². The zero-order valence-electron chi connectivity index (χ0n) is 10.7. The van der Waals surface area contributed by atoms with E-state index in [1.54, 1.807) is 30.3 Å². The maximum absolute atomic E-state index is 13.3. The Morgan fingerprint density at radius 2 is 1.85 bits per heavy atom. The van der Waals surface area contributed by atoms with Crippen LogP contribution in [0.2, 0.25) is 0 Å². The molecule has 2 aromatic rings. The molecule has 2 aromatic carbocycles. The summed E-state index contributed by atoms with van der Waals surface area (Å²) in [4.78, 5) is 11.6. The lowest BCUT2D eigenvalue weighted by atomic mass is 10.2. The summed E-state index contributed by atoms with van der Waals surface area (Å²) in [6, 6.07) is 12.1. The highest BCUT2D eigenvalue weighted by Gasteiger charge is 2.04. The van der Waals surface area contributed by atoms with Gasteiger partial charge in [-0.3, -0.25) is 4.79 Å². The lowest BCUT2D eigenvalue weighted by Gasteiger charge is -2.08. The summed E-state index contributed by atoms with van der Waals surface area (Å²) in [5, 5.41) is 5.38. The van der Waals surface area contributed by atoms with Crippen LogP contribution in [0, 0.1) is 11.6 Å². The first-order valence-corrected chi connectivity index (χ1v) is 6.15. The number of carbonyl (C=O) groups is 1. The SMILES string of the molecule is O=C(CNc1cccc(F)c1)NCc1ccccc1F. The van der Waals surface area contributed by atoms with Crippen LogP contribution in [0.15, 0.2) is 48.5 Å². The molecule has 2 rings (SSSR count). The number of hydrogen-bond donors (Lipinski definition) is 2. The third-order valence-corrected chi connectivity index (χ3v) is 2.71. The summed E-state index contributed by atoms with van der Waals surface area (Å²) in [6.07, 6.45) is 0. The van der Waals surface area contributed by atoms with Crippen molar-refractivity contribution in [2.75, 3.05) is 11.9 Å². The van der Waals surface area contributed by atoms with Crippen molar-refractivity contribution in [1.29, 1.82) is 0 Å². The van der Waals surface area contributed by atoms with Crippen LogP contribution < -0.4 is 10.6 Å². The van der Waals surface area contributed by atoms with Gasteiger partial charge in [-0.25, -0.2) is 8.78 Å². The van der Waals surface area contributed by atoms with E-state index >= 15 is 0 Å². The molecule has 0 atom stereocenters. The molecule has 0 radical (unpaired) electrons. The lowest BCUT2D eigenvalue weighted by Crippen LogP contribution is -2.29. The highest BCUT2D eigenvalue weighted by molar-refractivity contribution is 5.80. The number of benzene rings is 2. The third kappa shape index (κ3) is 4.05. The van der Waals surface area contributed by atoms with Gasteiger partial charge in [0.05, 0.1) is 6.54 Å². The van der Waals surface area contributed by atoms with Crippen molar-refractivity contribution in [1.82, 2.24) is 5.32 Å². The molecule has 3 nitrogen and oxygen atoms in total. The molecule has 0 spiro atoms. The molecular weight excluding hydrogens is 262 g/mol. The average molecular weight is 276 g/mol. The standard InChI is InChI=1S/C15H14F2N2O/c16-12-5-3-6-13(8-12)18-10-15(20)19-9-11-4-1-2-7-14(11)17/h1-8,18H,9-10H2,(H,19,20). The smallest absolute Gasteiger partial charge is 0.239 e. The molecule has 2 N–H and O–H groups in total. The quantitative estimate of drug-likeness (QED) is 0.881. The minimum Gasteiger partial charge on any atom is -0.376 e. The van der Waals surface area contributed by atoms with Crippen molar-refractivity contribution in [3.8, 4) is 0 Å². The maximum atomic E-state index is 13.3. The Balaban J connectivity index is 1.80. The van der Waals surface area contributed by atoms with E-state index in [1.165, 1.54) is 18.2 Å². The molecule has 0 aliphatic heterocycles. The minimum atomic E-state index is -0.373. The topological polar surface area (TPSA) is 41.1 Å². The average Bonchev–Trinajstić information content (AvgIpc) is 2.44. The summed E-state index contributed by atoms with van der Waals surface area (Å²) >= 11 is 0. The number of anilines is 1. The highest BCUT2D eigenvalue weighted by Crippen LogP contribution is 2.08. The zero-order chi connectivity index (χ0) is 14.4. The molecule has 5 heteroatoms. The van der Waals surface area contributed by atoms with Crippen molar-refractivity contribution in [3.05, 3.63) is 65.7 Å². The maximum Gasteiger partial charge on any atom is 0.239 e. The molecule has 1 amide bonds. The Hall–Kier alpha value is -2.43. The van der Waals surface area contributed by atoms with Crippen molar-refractivity contribution < 1.29 is 13.6 Å². The van der Waals surface area contributed by atoms with Crippen molar-refractivity contribution in [2.45, 2.75) is 6.54 Å². The Labute approximate surface area is 115 Å². The molecule has 20 heavy (non-hydrogen) atoms. The van der Waals surface area contributed by atoms with Crippen LogP contribution in [-0.2, 0) is 11.3 Å². The minimum absolute atomic E-state index is 0.00208. The van der Waals surface area contributed by atoms with Crippen LogP contribution in [0.3, 0.4) is 0 Å². The molecule has 104 valence electrons. The number of amides is 1. The zero-order valence-corrected chi connectivity index (χ0v) is 10.7. The molecule has 0 unspecified atom stereocenters. The second-order valence-electron chi connectivity index (χ2n) is 4.23. The number of hydrogen-bond acceptors (Lipinski definition) is 2. The van der Waals surface area contributed by atoms with E-state index in [0.29, 0.717) is 11.3 Å². The van der Waals surface area contributed by atoms with Gasteiger partial charge in [0, 0.05) is 17.8 Å². The number of nitrogens with one attached hydrogen (secondary N) is 2. The van der Waals surface area contributed by atoms with Crippen LogP contribution in [0.1, 0.15) is 5.56 Å². The van der Waals surface area contributed by atoms with E-state index < -0.39 is 0 Å². The first kappa shape index (κ1) is 14.0. The predicted molar refractivity (Wildman–Crippen MR) is 73.1 cm³/mol. The van der Waals surface area contributed by atoms with Crippen molar-refractivity contribution in [3.63, 3.8) is 0 Å². The van der Waals surface area contributed by atoms with Crippen LogP contribution in [-0.4, -0.2) is 12.5 Å². The Bertz CT molecular complexity index is 602. The predicted octanol–water partition coefficient (Wildman–Crippen LogP) is 2.69. The van der Waals surface area contributed by atoms with Gasteiger partial charge in [0.25, 0.3) is 0 Å². The van der Waals surface area contributed by atoms with E-state index in [4.69, 9.17) is 0 Å². The summed E-state index contributed by atoms with van der Waals surface area (Å²) in [6.45, 7) is 0.119. The van der Waals surface area contributed by atoms with Gasteiger partial charge in [0.2, 0.25) is 5.91 Å². The summed E-state index contributed by atoms with van der Waals surface area (Å²) < 4.78 is 26.2. The second kappa shape index (κ2) is 6.65. The molecule has 0 saturated carbocycles. The monoisotopic (exact) mass is 276 g/mol. The Morgan fingerprint density at radius 3 is 2.60 bits per heavy atom. The first-order chi connectivity index (χ1) is 9.65. The molecule has 0 bridgehead atoms. The fourth-order valence-corrected chi connectivity index (χ4v) is 1.68. The molecular formula is C15H14F2N2O. The van der Waals surface area contributed by atoms with E-state index in [0.717, 1.165) is 0 Å². The van der Waals surface area contributed by atoms with Gasteiger partial charge in [0.15, 0.2) is 0 Å². The van der Waals surface area contributed by atoms with Crippen LogP contribution in [0.25, 0.3) is 0 Å². The van der Waals surface area contributed by atoms with Gasteiger partial charge in [-0.1, -0.05) is 24.3 Å². The van der Waals surface area contributed by atoms with Crippen LogP contribution in [0.4, 0.5) is 14.5 Å². The van der Waals surface area contributed by atoms with E-state index in [2.05, 4.69) is 10.6 Å². The van der Waals surface area contributed by atoms with Crippen LogP contribution >= 0.6 is 0 Å². The fraction of sp³-hybridized carbons (Fsp3) is 0.133. The normalized spacial score (nSPS) is 10.1. The van der Waals surface area contributed by atoms with Crippen LogP contribution in [0.5, 0.6) is 0 Å². The number of halogens is 2. The summed E-state index contributed by atoms with van der Waals surface area (Å²) in [5.41, 5.74) is 0.942. The van der Waals surface area contributed by atoms with E-state index in [-0.39, 0.29) is 30.6 Å². The van der Waals surface area contributed by atoms with Crippen molar-refractivity contribution >= 4 is 11.6 Å². The van der Waals surface area contributed by atoms with Gasteiger partial charge < -0.3 is 10.6 Å². The Kier molecular flexibility index (Phi) is 4.65. The van der Waals surface area contributed by atoms with Gasteiger partial charge in [-0.2, -0.15) is 0 Å². The molecule has 0 heterocycles. The van der Waals surface area contributed by atoms with Gasteiger partial charge in [0.1, 0.15) is 11.6 Å². The molecule has 0 aliphatic carbocycles. The van der Waals surface area contributed by atoms with Gasteiger partial charge in [-0.15, -0.1) is 0 Å². The summed E-state index contributed by atoms with van der Waals surface area (Å²) in [5.74, 6) is -1.02. The number of rotatable bonds is 5. The molecule has 0 saturated heterocycles. The molecule has 0 aromatic heterocycles. The highest BCUT2D eigenvalue weighted by atomic mass is 19.1. The fourth-order valence-electron chi connectivity index (χ4n) is 1.68. The molecule has 0 fully saturated rings. The largest absolute Gasteiger partial charge is 0.376 e. The van der Waals surface area contributed by atoms with Crippen molar-refractivity contribution in [2.24, 2.45) is 0 Å². The Morgan fingerprint density at radius 1 is 1.05 bits per heavy atom. The third-order valence-electron chi connectivity index (χ3n) is 2.71. The first-order valence-electron chi connectivity index (χ1n) is 6.15.